The maximum absolute atomic E-state index is 10.6. The predicted molar refractivity (Wildman–Crippen MR) is 55.4 cm³/mol. The van der Waals surface area contributed by atoms with Crippen LogP contribution < -0.4 is 0 Å². The van der Waals surface area contributed by atoms with E-state index >= 15 is 0 Å². The topological polar surface area (TPSA) is 43.8 Å². The largest absolute Gasteiger partial charge is 0.480 e. The van der Waals surface area contributed by atoms with Crippen molar-refractivity contribution < 1.29 is 9.90 Å². The Morgan fingerprint density at radius 1 is 1.64 bits per heavy atom. The number of rotatable bonds is 4. The summed E-state index contributed by atoms with van der Waals surface area (Å²) < 4.78 is 0. The third kappa shape index (κ3) is 3.27. The normalized spacial score (nSPS) is 24.1. The molecule has 0 radical (unpaired) electrons. The molecule has 0 aromatic carbocycles. The van der Waals surface area contributed by atoms with E-state index in [0.29, 0.717) is 6.04 Å². The van der Waals surface area contributed by atoms with Crippen LogP contribution in [0.2, 0.25) is 0 Å². The van der Waals surface area contributed by atoms with Gasteiger partial charge in [-0.25, -0.2) is 0 Å². The van der Waals surface area contributed by atoms with Crippen LogP contribution in [0.3, 0.4) is 0 Å². The zero-order chi connectivity index (χ0) is 10.6. The SMILES string of the molecule is CCN(CC(=O)O)[C@H]1CCCN(C)C1. The molecule has 0 amide bonds. The molecule has 0 bridgehead atoms. The monoisotopic (exact) mass is 200 g/mol. The molecule has 1 heterocycles. The quantitative estimate of drug-likeness (QED) is 0.717. The Balaban J connectivity index is 2.46. The van der Waals surface area contributed by atoms with Crippen molar-refractivity contribution in [3.8, 4) is 0 Å². The minimum Gasteiger partial charge on any atom is -0.480 e. The van der Waals surface area contributed by atoms with Gasteiger partial charge in [0.2, 0.25) is 0 Å². The molecule has 0 aromatic heterocycles. The van der Waals surface area contributed by atoms with E-state index in [-0.39, 0.29) is 6.54 Å². The van der Waals surface area contributed by atoms with Crippen LogP contribution in [0, 0.1) is 0 Å². The number of aliphatic carboxylic acids is 1. The molecule has 1 N–H and O–H groups in total. The second-order valence-electron chi connectivity index (χ2n) is 4.02. The van der Waals surface area contributed by atoms with Crippen LogP contribution in [0.4, 0.5) is 0 Å². The number of nitrogens with zero attached hydrogens (tertiary/aromatic N) is 2. The van der Waals surface area contributed by atoms with Crippen molar-refractivity contribution in [2.45, 2.75) is 25.8 Å². The number of hydrogen-bond donors (Lipinski definition) is 1. The summed E-state index contributed by atoms with van der Waals surface area (Å²) in [5, 5.41) is 8.76. The summed E-state index contributed by atoms with van der Waals surface area (Å²) in [5.74, 6) is -0.722. The number of likely N-dealkylation sites (tertiary alicyclic amines) is 1. The molecule has 1 saturated heterocycles. The molecule has 1 aliphatic heterocycles. The third-order valence-corrected chi connectivity index (χ3v) is 2.86. The van der Waals surface area contributed by atoms with Crippen LogP contribution in [0.1, 0.15) is 19.8 Å². The van der Waals surface area contributed by atoms with Crippen LogP contribution in [0.25, 0.3) is 0 Å². The van der Waals surface area contributed by atoms with Crippen LogP contribution in [-0.4, -0.2) is 60.1 Å². The van der Waals surface area contributed by atoms with E-state index in [2.05, 4.69) is 16.8 Å². The van der Waals surface area contributed by atoms with Gasteiger partial charge in [0.15, 0.2) is 0 Å². The van der Waals surface area contributed by atoms with Crippen LogP contribution in [-0.2, 0) is 4.79 Å². The summed E-state index contributed by atoms with van der Waals surface area (Å²) in [4.78, 5) is 15.0. The van der Waals surface area contributed by atoms with Crippen molar-refractivity contribution in [3.63, 3.8) is 0 Å². The fraction of sp³-hybridized carbons (Fsp3) is 0.900. The maximum Gasteiger partial charge on any atom is 0.317 e. The lowest BCUT2D eigenvalue weighted by Gasteiger charge is -2.36. The molecule has 1 rings (SSSR count). The lowest BCUT2D eigenvalue weighted by molar-refractivity contribution is -0.139. The number of carbonyl (C=O) groups is 1. The van der Waals surface area contributed by atoms with Crippen LogP contribution in [0.15, 0.2) is 0 Å². The minimum atomic E-state index is -0.722. The Morgan fingerprint density at radius 3 is 2.86 bits per heavy atom. The highest BCUT2D eigenvalue weighted by atomic mass is 16.4. The van der Waals surface area contributed by atoms with E-state index < -0.39 is 5.97 Å². The van der Waals surface area contributed by atoms with Crippen LogP contribution >= 0.6 is 0 Å². The Hall–Kier alpha value is -0.610. The zero-order valence-electron chi connectivity index (χ0n) is 9.07. The van der Waals surface area contributed by atoms with E-state index in [0.717, 1.165) is 26.1 Å². The summed E-state index contributed by atoms with van der Waals surface area (Å²) in [6.45, 7) is 5.17. The van der Waals surface area contributed by atoms with Gasteiger partial charge < -0.3 is 10.0 Å². The van der Waals surface area contributed by atoms with Gasteiger partial charge in [-0.15, -0.1) is 0 Å². The van der Waals surface area contributed by atoms with Gasteiger partial charge in [0.05, 0.1) is 6.54 Å². The van der Waals surface area contributed by atoms with Crippen molar-refractivity contribution in [2.75, 3.05) is 33.2 Å². The molecule has 1 atom stereocenters. The standard InChI is InChI=1S/C10H20N2O2/c1-3-12(8-10(13)14)9-5-4-6-11(2)7-9/h9H,3-8H2,1-2H3,(H,13,14)/t9-/m0/s1. The first kappa shape index (κ1) is 11.5. The summed E-state index contributed by atoms with van der Waals surface area (Å²) in [6, 6.07) is 0.426. The second-order valence-corrected chi connectivity index (χ2v) is 4.02. The number of carboxylic acid groups (broad SMARTS) is 1. The molecule has 0 saturated carbocycles. The molecule has 0 aromatic rings. The first-order valence-corrected chi connectivity index (χ1v) is 5.28. The van der Waals surface area contributed by atoms with Gasteiger partial charge in [-0.3, -0.25) is 9.69 Å². The smallest absolute Gasteiger partial charge is 0.317 e. The van der Waals surface area contributed by atoms with E-state index in [1.807, 2.05) is 6.92 Å². The highest BCUT2D eigenvalue weighted by molar-refractivity contribution is 5.69. The third-order valence-electron chi connectivity index (χ3n) is 2.86. The van der Waals surface area contributed by atoms with Gasteiger partial charge in [-0.2, -0.15) is 0 Å². The van der Waals surface area contributed by atoms with Gasteiger partial charge in [0.1, 0.15) is 0 Å². The van der Waals surface area contributed by atoms with E-state index in [1.165, 1.54) is 6.42 Å². The Bertz CT molecular complexity index is 197. The number of likely N-dealkylation sites (N-methyl/N-ethyl adjacent to an activating group) is 2. The molecular weight excluding hydrogens is 180 g/mol. The number of piperidine rings is 1. The fourth-order valence-electron chi connectivity index (χ4n) is 2.11. The summed E-state index contributed by atoms with van der Waals surface area (Å²) >= 11 is 0. The van der Waals surface area contributed by atoms with E-state index in [4.69, 9.17) is 5.11 Å². The van der Waals surface area contributed by atoms with Gasteiger partial charge in [0.25, 0.3) is 0 Å². The lowest BCUT2D eigenvalue weighted by Crippen LogP contribution is -2.48. The first-order valence-electron chi connectivity index (χ1n) is 5.28. The molecule has 82 valence electrons. The van der Waals surface area contributed by atoms with Gasteiger partial charge in [-0.05, 0) is 33.0 Å². The van der Waals surface area contributed by atoms with Crippen molar-refractivity contribution in [1.82, 2.24) is 9.80 Å². The molecule has 1 aliphatic rings. The minimum absolute atomic E-state index is 0.176. The molecule has 4 nitrogen and oxygen atoms in total. The molecule has 14 heavy (non-hydrogen) atoms. The Kier molecular flexibility index (Phi) is 4.35. The zero-order valence-corrected chi connectivity index (χ0v) is 9.07. The van der Waals surface area contributed by atoms with Crippen molar-refractivity contribution in [3.05, 3.63) is 0 Å². The number of hydrogen-bond acceptors (Lipinski definition) is 3. The summed E-state index contributed by atoms with van der Waals surface area (Å²) in [5.41, 5.74) is 0. The number of carboxylic acids is 1. The van der Waals surface area contributed by atoms with Crippen molar-refractivity contribution in [1.29, 1.82) is 0 Å². The van der Waals surface area contributed by atoms with Crippen molar-refractivity contribution >= 4 is 5.97 Å². The molecule has 0 spiro atoms. The average molecular weight is 200 g/mol. The Labute approximate surface area is 85.5 Å². The van der Waals surface area contributed by atoms with E-state index in [9.17, 15) is 4.79 Å². The molecule has 0 aliphatic carbocycles. The van der Waals surface area contributed by atoms with E-state index in [1.54, 1.807) is 0 Å². The van der Waals surface area contributed by atoms with Gasteiger partial charge in [-0.1, -0.05) is 6.92 Å². The van der Waals surface area contributed by atoms with Crippen LogP contribution in [0.5, 0.6) is 0 Å². The predicted octanol–water partition coefficient (Wildman–Crippen LogP) is 0.487. The van der Waals surface area contributed by atoms with Crippen molar-refractivity contribution in [2.24, 2.45) is 0 Å². The fourth-order valence-corrected chi connectivity index (χ4v) is 2.11. The Morgan fingerprint density at radius 2 is 2.36 bits per heavy atom. The summed E-state index contributed by atoms with van der Waals surface area (Å²) in [6.07, 6.45) is 2.31. The lowest BCUT2D eigenvalue weighted by atomic mass is 10.0. The molecule has 1 fully saturated rings. The summed E-state index contributed by atoms with van der Waals surface area (Å²) in [7, 11) is 2.10. The maximum atomic E-state index is 10.6. The molecular formula is C10H20N2O2. The average Bonchev–Trinajstić information content (AvgIpc) is 2.14. The van der Waals surface area contributed by atoms with Gasteiger partial charge in [0, 0.05) is 12.6 Å². The second kappa shape index (κ2) is 5.32. The van der Waals surface area contributed by atoms with Gasteiger partial charge >= 0.3 is 5.97 Å². The highest BCUT2D eigenvalue weighted by Crippen LogP contribution is 2.14. The first-order chi connectivity index (χ1) is 6.63. The highest BCUT2D eigenvalue weighted by Gasteiger charge is 2.23. The molecule has 4 heteroatoms. The molecule has 0 unspecified atom stereocenters.